The quantitative estimate of drug-likeness (QED) is 0.594. The minimum absolute atomic E-state index is 0.0727. The molecule has 0 spiro atoms. The highest BCUT2D eigenvalue weighted by molar-refractivity contribution is 7.13. The van der Waals surface area contributed by atoms with Gasteiger partial charge in [-0.25, -0.2) is 4.98 Å². The van der Waals surface area contributed by atoms with Crippen molar-refractivity contribution in [2.24, 2.45) is 11.8 Å². The highest BCUT2D eigenvalue weighted by atomic mass is 32.1. The van der Waals surface area contributed by atoms with Crippen LogP contribution in [-0.4, -0.2) is 51.6 Å². The SMILES string of the molecule is O=C(c1csc(-c2ccccc2)n1)N1CC(N2C(=O)[C@@H]3CC=CC[C@H]3C2=O)C1. The summed E-state index contributed by atoms with van der Waals surface area (Å²) in [6.07, 6.45) is 5.25. The first-order chi connectivity index (χ1) is 13.6. The average Bonchev–Trinajstić information content (AvgIpc) is 3.28. The van der Waals surface area contributed by atoms with Gasteiger partial charge in [-0.05, 0) is 12.8 Å². The number of hydrogen-bond donors (Lipinski definition) is 0. The lowest BCUT2D eigenvalue weighted by Gasteiger charge is -2.42. The van der Waals surface area contributed by atoms with Crippen LogP contribution in [0.1, 0.15) is 23.3 Å². The van der Waals surface area contributed by atoms with E-state index in [4.69, 9.17) is 0 Å². The summed E-state index contributed by atoms with van der Waals surface area (Å²) in [6.45, 7) is 0.781. The summed E-state index contributed by atoms with van der Waals surface area (Å²) in [4.78, 5) is 45.6. The summed E-state index contributed by atoms with van der Waals surface area (Å²) in [5, 5.41) is 2.58. The number of likely N-dealkylation sites (tertiary alicyclic amines) is 2. The van der Waals surface area contributed by atoms with Crippen LogP contribution in [0.25, 0.3) is 10.6 Å². The molecule has 0 bridgehead atoms. The van der Waals surface area contributed by atoms with Gasteiger partial charge in [-0.2, -0.15) is 0 Å². The van der Waals surface area contributed by atoms with Gasteiger partial charge in [-0.3, -0.25) is 19.3 Å². The average molecular weight is 393 g/mol. The van der Waals surface area contributed by atoms with Gasteiger partial charge in [0.15, 0.2) is 0 Å². The Balaban J connectivity index is 1.25. The van der Waals surface area contributed by atoms with Crippen LogP contribution in [0.15, 0.2) is 47.9 Å². The second-order valence-corrected chi connectivity index (χ2v) is 8.33. The molecule has 2 fully saturated rings. The second-order valence-electron chi connectivity index (χ2n) is 7.47. The van der Waals surface area contributed by atoms with Gasteiger partial charge in [0, 0.05) is 24.0 Å². The Morgan fingerprint density at radius 1 is 1.00 bits per heavy atom. The summed E-state index contributed by atoms with van der Waals surface area (Å²) < 4.78 is 0. The van der Waals surface area contributed by atoms with E-state index in [9.17, 15) is 14.4 Å². The van der Waals surface area contributed by atoms with Crippen LogP contribution in [0.5, 0.6) is 0 Å². The normalized spacial score (nSPS) is 24.4. The number of allylic oxidation sites excluding steroid dienone is 2. The first-order valence-corrected chi connectivity index (χ1v) is 10.3. The number of rotatable bonds is 3. The van der Waals surface area contributed by atoms with E-state index in [1.165, 1.54) is 16.2 Å². The monoisotopic (exact) mass is 393 g/mol. The molecule has 7 heteroatoms. The lowest BCUT2D eigenvalue weighted by atomic mass is 9.85. The van der Waals surface area contributed by atoms with Crippen molar-refractivity contribution in [3.63, 3.8) is 0 Å². The van der Waals surface area contributed by atoms with Crippen molar-refractivity contribution in [1.82, 2.24) is 14.8 Å². The van der Waals surface area contributed by atoms with Gasteiger partial charge in [0.05, 0.1) is 17.9 Å². The van der Waals surface area contributed by atoms with Crippen LogP contribution in [-0.2, 0) is 9.59 Å². The van der Waals surface area contributed by atoms with Crippen molar-refractivity contribution in [1.29, 1.82) is 0 Å². The highest BCUT2D eigenvalue weighted by Crippen LogP contribution is 2.37. The minimum atomic E-state index is -0.214. The molecule has 3 aliphatic rings. The predicted molar refractivity (Wildman–Crippen MR) is 104 cm³/mol. The number of carbonyl (C=O) groups is 3. The summed E-state index contributed by atoms with van der Waals surface area (Å²) in [5.41, 5.74) is 1.40. The molecule has 0 N–H and O–H groups in total. The van der Waals surface area contributed by atoms with Crippen LogP contribution in [0, 0.1) is 11.8 Å². The summed E-state index contributed by atoms with van der Waals surface area (Å²) in [6, 6.07) is 9.54. The number of nitrogens with zero attached hydrogens (tertiary/aromatic N) is 3. The van der Waals surface area contributed by atoms with Crippen LogP contribution < -0.4 is 0 Å². The van der Waals surface area contributed by atoms with Crippen LogP contribution in [0.3, 0.4) is 0 Å². The number of amides is 3. The molecule has 1 aliphatic carbocycles. The predicted octanol–water partition coefficient (Wildman–Crippen LogP) is 2.59. The Kier molecular flexibility index (Phi) is 4.12. The number of benzene rings is 1. The molecular weight excluding hydrogens is 374 g/mol. The maximum atomic E-state index is 12.7. The number of fused-ring (bicyclic) bond motifs is 1. The molecule has 3 heterocycles. The zero-order valence-corrected chi connectivity index (χ0v) is 16.0. The Hall–Kier alpha value is -2.80. The molecule has 0 saturated carbocycles. The summed E-state index contributed by atoms with van der Waals surface area (Å²) >= 11 is 1.44. The second kappa shape index (κ2) is 6.67. The fourth-order valence-electron chi connectivity index (χ4n) is 4.22. The zero-order valence-electron chi connectivity index (χ0n) is 15.2. The van der Waals surface area contributed by atoms with Gasteiger partial charge >= 0.3 is 0 Å². The molecule has 3 amide bonds. The molecule has 6 nitrogen and oxygen atoms in total. The topological polar surface area (TPSA) is 70.6 Å². The fraction of sp³-hybridized carbons (Fsp3) is 0.333. The van der Waals surface area contributed by atoms with Crippen molar-refractivity contribution in [3.8, 4) is 10.6 Å². The Morgan fingerprint density at radius 2 is 1.64 bits per heavy atom. The van der Waals surface area contributed by atoms with Gasteiger partial charge < -0.3 is 4.90 Å². The van der Waals surface area contributed by atoms with E-state index in [0.29, 0.717) is 31.6 Å². The third kappa shape index (κ3) is 2.69. The fourth-order valence-corrected chi connectivity index (χ4v) is 5.02. The lowest BCUT2D eigenvalue weighted by Crippen LogP contribution is -2.62. The maximum Gasteiger partial charge on any atom is 0.273 e. The van der Waals surface area contributed by atoms with E-state index < -0.39 is 0 Å². The van der Waals surface area contributed by atoms with Crippen LogP contribution in [0.4, 0.5) is 0 Å². The summed E-state index contributed by atoms with van der Waals surface area (Å²) in [7, 11) is 0. The van der Waals surface area contributed by atoms with Crippen molar-refractivity contribution >= 4 is 29.1 Å². The molecule has 5 rings (SSSR count). The van der Waals surface area contributed by atoms with Crippen LogP contribution in [0.2, 0.25) is 0 Å². The zero-order chi connectivity index (χ0) is 19.3. The van der Waals surface area contributed by atoms with Crippen molar-refractivity contribution in [2.75, 3.05) is 13.1 Å². The molecular formula is C21H19N3O3S. The van der Waals surface area contributed by atoms with Gasteiger partial charge in [-0.15, -0.1) is 11.3 Å². The standard InChI is InChI=1S/C21H19N3O3S/c25-19-15-8-4-5-9-16(15)20(26)24(19)14-10-23(11-14)21(27)17-12-28-18(22-17)13-6-2-1-3-7-13/h1-7,12,14-16H,8-11H2/t15-,16-/m1/s1. The highest BCUT2D eigenvalue weighted by Gasteiger charge is 2.52. The number of thiazole rings is 1. The van der Waals surface area contributed by atoms with E-state index in [0.717, 1.165) is 10.6 Å². The first-order valence-electron chi connectivity index (χ1n) is 9.45. The molecule has 1 aromatic heterocycles. The van der Waals surface area contributed by atoms with E-state index >= 15 is 0 Å². The Morgan fingerprint density at radius 3 is 2.29 bits per heavy atom. The molecule has 142 valence electrons. The Bertz CT molecular complexity index is 952. The molecule has 2 saturated heterocycles. The summed E-state index contributed by atoms with van der Waals surface area (Å²) in [5.74, 6) is -0.718. The van der Waals surface area contributed by atoms with E-state index in [-0.39, 0.29) is 35.6 Å². The minimum Gasteiger partial charge on any atom is -0.333 e. The maximum absolute atomic E-state index is 12.7. The van der Waals surface area contributed by atoms with Gasteiger partial charge in [0.2, 0.25) is 11.8 Å². The van der Waals surface area contributed by atoms with E-state index in [1.54, 1.807) is 10.3 Å². The molecule has 2 aliphatic heterocycles. The van der Waals surface area contributed by atoms with Gasteiger partial charge in [0.1, 0.15) is 10.7 Å². The Labute approximate surface area is 166 Å². The first kappa shape index (κ1) is 17.3. The van der Waals surface area contributed by atoms with Gasteiger partial charge in [-0.1, -0.05) is 42.5 Å². The van der Waals surface area contributed by atoms with Gasteiger partial charge in [0.25, 0.3) is 5.91 Å². The van der Waals surface area contributed by atoms with Crippen LogP contribution >= 0.6 is 11.3 Å². The third-order valence-electron chi connectivity index (χ3n) is 5.80. The molecule has 1 aromatic carbocycles. The molecule has 0 unspecified atom stereocenters. The molecule has 2 aromatic rings. The molecule has 2 atom stereocenters. The van der Waals surface area contributed by atoms with E-state index in [2.05, 4.69) is 4.98 Å². The number of carbonyl (C=O) groups excluding carboxylic acids is 3. The van der Waals surface area contributed by atoms with E-state index in [1.807, 2.05) is 42.5 Å². The molecule has 0 radical (unpaired) electrons. The smallest absolute Gasteiger partial charge is 0.273 e. The number of imide groups is 1. The van der Waals surface area contributed by atoms with Crippen molar-refractivity contribution in [2.45, 2.75) is 18.9 Å². The third-order valence-corrected chi connectivity index (χ3v) is 6.69. The van der Waals surface area contributed by atoms with Crippen molar-refractivity contribution in [3.05, 3.63) is 53.6 Å². The van der Waals surface area contributed by atoms with Crippen molar-refractivity contribution < 1.29 is 14.4 Å². The largest absolute Gasteiger partial charge is 0.333 e. The number of hydrogen-bond acceptors (Lipinski definition) is 5. The number of aromatic nitrogens is 1. The lowest BCUT2D eigenvalue weighted by molar-refractivity contribution is -0.145. The molecule has 28 heavy (non-hydrogen) atoms.